The first-order chi connectivity index (χ1) is 17.4. The fraction of sp³-hybridized carbons (Fsp3) is 0.273. The summed E-state index contributed by atoms with van der Waals surface area (Å²) >= 11 is 0. The molecule has 36 heavy (non-hydrogen) atoms. The third-order valence-corrected chi connectivity index (χ3v) is 7.85. The molecule has 1 aromatic carbocycles. The molecule has 1 aliphatic heterocycles. The van der Waals surface area contributed by atoms with Crippen molar-refractivity contribution in [3.8, 4) is 0 Å². The van der Waals surface area contributed by atoms with E-state index in [1.807, 2.05) is 0 Å². The summed E-state index contributed by atoms with van der Waals surface area (Å²) < 4.78 is 0. The molecule has 4 aromatic rings. The number of aromatic nitrogens is 3. The monoisotopic (exact) mass is 475 g/mol. The third kappa shape index (κ3) is 4.13. The van der Waals surface area contributed by atoms with Crippen LogP contribution >= 0.6 is 0 Å². The SMILES string of the molecule is CCc1c2[nH]c(c1C)/C=c1\[nH]\c(c(C)c1CC)=C/C=c1/cccc/c1=C/C=c1\[nH]/c(c(CC)c1C)=C\2. The molecule has 0 radical (unpaired) electrons. The molecule has 5 rings (SSSR count). The summed E-state index contributed by atoms with van der Waals surface area (Å²) in [6, 6.07) is 8.59. The molecule has 0 fully saturated rings. The highest BCUT2D eigenvalue weighted by molar-refractivity contribution is 5.67. The van der Waals surface area contributed by atoms with Gasteiger partial charge in [-0.2, -0.15) is 0 Å². The molecule has 0 aliphatic carbocycles. The van der Waals surface area contributed by atoms with Gasteiger partial charge in [0.2, 0.25) is 0 Å². The highest BCUT2D eigenvalue weighted by atomic mass is 14.8. The van der Waals surface area contributed by atoms with Crippen LogP contribution in [0.25, 0.3) is 36.5 Å². The largest absolute Gasteiger partial charge is 0.355 e. The summed E-state index contributed by atoms with van der Waals surface area (Å²) in [5.74, 6) is 0. The van der Waals surface area contributed by atoms with Crippen molar-refractivity contribution in [3.63, 3.8) is 0 Å². The molecule has 3 N–H and O–H groups in total. The molecule has 3 nitrogen and oxygen atoms in total. The maximum atomic E-state index is 3.76. The number of rotatable bonds is 3. The van der Waals surface area contributed by atoms with Gasteiger partial charge in [-0.15, -0.1) is 0 Å². The maximum absolute atomic E-state index is 3.76. The number of hydrogen-bond donors (Lipinski definition) is 3. The molecule has 0 unspecified atom stereocenters. The molecule has 3 heteroatoms. The van der Waals surface area contributed by atoms with Crippen molar-refractivity contribution in [2.45, 2.75) is 60.8 Å². The van der Waals surface area contributed by atoms with Gasteiger partial charge in [-0.25, -0.2) is 0 Å². The number of H-pyrrole nitrogens is 3. The minimum atomic E-state index is 0.991. The standard InChI is InChI=1S/C33H37N3/c1-7-25-20(4)28-16-14-23-12-10-11-13-24(23)15-17-29-21(5)26(8-2)32(35-29)19-33-27(9-3)22(6)30(36-33)18-31(25)34-28/h10-19,34-36H,7-9H2,1-6H3/b16-14?,17-15?,23-14-,24-15-,28-16-,29-17-,30-18?,31-18-,32-19-,33-19?. The Bertz CT molecular complexity index is 1820. The van der Waals surface area contributed by atoms with Crippen LogP contribution in [0.3, 0.4) is 0 Å². The number of benzene rings is 1. The van der Waals surface area contributed by atoms with Crippen molar-refractivity contribution in [1.82, 2.24) is 15.0 Å². The van der Waals surface area contributed by atoms with Crippen LogP contribution in [-0.4, -0.2) is 15.0 Å². The number of fused-ring (bicyclic) bond motifs is 7. The lowest BCUT2D eigenvalue weighted by Gasteiger charge is -1.98. The zero-order valence-corrected chi connectivity index (χ0v) is 22.4. The van der Waals surface area contributed by atoms with Gasteiger partial charge in [0, 0.05) is 32.8 Å². The van der Waals surface area contributed by atoms with Gasteiger partial charge in [0.15, 0.2) is 0 Å². The van der Waals surface area contributed by atoms with E-state index in [9.17, 15) is 0 Å². The van der Waals surface area contributed by atoms with E-state index in [-0.39, 0.29) is 0 Å². The van der Waals surface area contributed by atoms with E-state index in [0.717, 1.165) is 19.3 Å². The molecular weight excluding hydrogens is 438 g/mol. The van der Waals surface area contributed by atoms with E-state index >= 15 is 0 Å². The fourth-order valence-corrected chi connectivity index (χ4v) is 5.70. The van der Waals surface area contributed by atoms with Crippen LogP contribution in [0.5, 0.6) is 0 Å². The molecule has 184 valence electrons. The van der Waals surface area contributed by atoms with Crippen LogP contribution in [0.1, 0.15) is 65.5 Å². The Morgan fingerprint density at radius 3 is 1.44 bits per heavy atom. The smallest absolute Gasteiger partial charge is 0.0441 e. The Labute approximate surface area is 213 Å². The molecular formula is C33H37N3. The van der Waals surface area contributed by atoms with Crippen LogP contribution in [0, 0.1) is 20.8 Å². The number of aromatic amines is 3. The van der Waals surface area contributed by atoms with Gasteiger partial charge < -0.3 is 15.0 Å². The normalized spacial score (nSPS) is 18.4. The quantitative estimate of drug-likeness (QED) is 0.408. The fourth-order valence-electron chi connectivity index (χ4n) is 5.70. The predicted molar refractivity (Wildman–Crippen MR) is 154 cm³/mol. The van der Waals surface area contributed by atoms with Crippen LogP contribution in [0.2, 0.25) is 0 Å². The lowest BCUT2D eigenvalue weighted by atomic mass is 10.0. The van der Waals surface area contributed by atoms with Crippen molar-refractivity contribution in [1.29, 1.82) is 0 Å². The van der Waals surface area contributed by atoms with Gasteiger partial charge in [-0.05, 0) is 108 Å². The predicted octanol–water partition coefficient (Wildman–Crippen LogP) is 2.78. The van der Waals surface area contributed by atoms with E-state index in [2.05, 4.69) is 117 Å². The third-order valence-electron chi connectivity index (χ3n) is 7.85. The Morgan fingerprint density at radius 1 is 0.500 bits per heavy atom. The lowest BCUT2D eigenvalue weighted by Crippen LogP contribution is -2.24. The summed E-state index contributed by atoms with van der Waals surface area (Å²) in [4.78, 5) is 11.2. The number of nitrogens with one attached hydrogen (secondary N) is 3. The zero-order valence-electron chi connectivity index (χ0n) is 22.4. The van der Waals surface area contributed by atoms with Crippen LogP contribution < -0.4 is 31.8 Å². The average molecular weight is 476 g/mol. The molecule has 3 aromatic heterocycles. The summed E-state index contributed by atoms with van der Waals surface area (Å²) in [7, 11) is 0. The van der Waals surface area contributed by atoms with Crippen molar-refractivity contribution < 1.29 is 0 Å². The Hall–Kier alpha value is -3.72. The highest BCUT2D eigenvalue weighted by Crippen LogP contribution is 2.20. The highest BCUT2D eigenvalue weighted by Gasteiger charge is 2.12. The van der Waals surface area contributed by atoms with E-state index in [0.29, 0.717) is 0 Å². The molecule has 0 saturated heterocycles. The topological polar surface area (TPSA) is 47.4 Å². The van der Waals surface area contributed by atoms with Gasteiger partial charge >= 0.3 is 0 Å². The van der Waals surface area contributed by atoms with Crippen LogP contribution in [0.15, 0.2) is 24.3 Å². The van der Waals surface area contributed by atoms with E-state index in [1.165, 1.54) is 76.6 Å². The summed E-state index contributed by atoms with van der Waals surface area (Å²) in [5.41, 5.74) is 10.5. The molecule has 1 aliphatic rings. The average Bonchev–Trinajstić information content (AvgIpc) is 3.46. The van der Waals surface area contributed by atoms with Crippen molar-refractivity contribution in [2.75, 3.05) is 0 Å². The first kappa shape index (κ1) is 24.0. The van der Waals surface area contributed by atoms with Gasteiger partial charge in [0.05, 0.1) is 0 Å². The molecule has 0 atom stereocenters. The molecule has 0 spiro atoms. The maximum Gasteiger partial charge on any atom is 0.0441 e. The van der Waals surface area contributed by atoms with Crippen molar-refractivity contribution in [2.24, 2.45) is 0 Å². The summed E-state index contributed by atoms with van der Waals surface area (Å²) in [5, 5.41) is 7.15. The second kappa shape index (κ2) is 9.73. The lowest BCUT2D eigenvalue weighted by molar-refractivity contribution is 1.09. The van der Waals surface area contributed by atoms with E-state index in [1.54, 1.807) is 0 Å². The second-order valence-corrected chi connectivity index (χ2v) is 9.81. The minimum absolute atomic E-state index is 0.991. The minimum Gasteiger partial charge on any atom is -0.355 e. The van der Waals surface area contributed by atoms with Crippen LogP contribution in [-0.2, 0) is 19.3 Å². The zero-order chi connectivity index (χ0) is 25.4. The first-order valence-corrected chi connectivity index (χ1v) is 13.2. The summed E-state index contributed by atoms with van der Waals surface area (Å²) in [6.45, 7) is 13.4. The van der Waals surface area contributed by atoms with Crippen molar-refractivity contribution >= 4 is 36.5 Å². The summed E-state index contributed by atoms with van der Waals surface area (Å²) in [6.07, 6.45) is 16.5. The van der Waals surface area contributed by atoms with Gasteiger partial charge in [0.25, 0.3) is 0 Å². The van der Waals surface area contributed by atoms with Gasteiger partial charge in [-0.1, -0.05) is 57.2 Å². The van der Waals surface area contributed by atoms with Gasteiger partial charge in [-0.3, -0.25) is 0 Å². The molecule has 0 amide bonds. The Morgan fingerprint density at radius 2 is 0.972 bits per heavy atom. The molecule has 6 bridgehead atoms. The molecule has 4 heterocycles. The van der Waals surface area contributed by atoms with Crippen LogP contribution in [0.4, 0.5) is 0 Å². The van der Waals surface area contributed by atoms with Crippen molar-refractivity contribution in [3.05, 3.63) is 101 Å². The molecule has 0 saturated carbocycles. The first-order valence-electron chi connectivity index (χ1n) is 13.2. The Balaban J connectivity index is 1.95. The van der Waals surface area contributed by atoms with E-state index in [4.69, 9.17) is 0 Å². The number of hydrogen-bond acceptors (Lipinski definition) is 0. The van der Waals surface area contributed by atoms with Gasteiger partial charge in [0.1, 0.15) is 0 Å². The second-order valence-electron chi connectivity index (χ2n) is 9.81. The van der Waals surface area contributed by atoms with E-state index < -0.39 is 0 Å². The Kier molecular flexibility index (Phi) is 6.49.